The Morgan fingerprint density at radius 3 is 2.86 bits per heavy atom. The Morgan fingerprint density at radius 2 is 2.14 bits per heavy atom. The van der Waals surface area contributed by atoms with E-state index in [4.69, 9.17) is 9.26 Å². The second-order valence-corrected chi connectivity index (χ2v) is 6.80. The van der Waals surface area contributed by atoms with Crippen molar-refractivity contribution in [2.24, 2.45) is 0 Å². The van der Waals surface area contributed by atoms with Gasteiger partial charge in [0.15, 0.2) is 5.76 Å². The van der Waals surface area contributed by atoms with E-state index in [1.54, 1.807) is 7.11 Å². The Morgan fingerprint density at radius 1 is 1.32 bits per heavy atom. The molecule has 120 valence electrons. The number of ether oxygens (including phenoxy) is 1. The summed E-state index contributed by atoms with van der Waals surface area (Å²) in [5, 5.41) is 3.96. The summed E-state index contributed by atoms with van der Waals surface area (Å²) in [5.41, 5.74) is 1.57. The Kier molecular flexibility index (Phi) is 5.57. The predicted molar refractivity (Wildman–Crippen MR) is 84.3 cm³/mol. The number of methoxy groups -OCH3 is 1. The lowest BCUT2D eigenvalue weighted by molar-refractivity contribution is 0.412. The van der Waals surface area contributed by atoms with Crippen molar-refractivity contribution in [1.82, 2.24) is 9.88 Å². The molecule has 6 nitrogen and oxygen atoms in total. The van der Waals surface area contributed by atoms with Crippen molar-refractivity contribution < 1.29 is 17.7 Å². The van der Waals surface area contributed by atoms with E-state index in [0.717, 1.165) is 11.3 Å². The molecular formula is C15H20N2O4S. The molecule has 1 aromatic heterocycles. The van der Waals surface area contributed by atoms with Crippen LogP contribution in [0.15, 0.2) is 34.9 Å². The van der Waals surface area contributed by atoms with Crippen LogP contribution in [0.25, 0.3) is 11.3 Å². The van der Waals surface area contributed by atoms with E-state index in [2.05, 4.69) is 9.88 Å². The lowest BCUT2D eigenvalue weighted by atomic mass is 10.1. The minimum absolute atomic E-state index is 0.140. The van der Waals surface area contributed by atoms with Crippen molar-refractivity contribution in [2.75, 3.05) is 19.4 Å². The van der Waals surface area contributed by atoms with Gasteiger partial charge in [-0.05, 0) is 18.6 Å². The summed E-state index contributed by atoms with van der Waals surface area (Å²) in [6, 6.07) is 9.28. The number of rotatable bonds is 8. The number of benzene rings is 1. The molecule has 1 N–H and O–H groups in total. The number of sulfonamides is 1. The van der Waals surface area contributed by atoms with Crippen molar-refractivity contribution in [1.29, 1.82) is 0 Å². The zero-order chi connectivity index (χ0) is 16.0. The third-order valence-corrected chi connectivity index (χ3v) is 4.68. The second-order valence-electron chi connectivity index (χ2n) is 4.88. The van der Waals surface area contributed by atoms with E-state index < -0.39 is 10.0 Å². The Bertz CT molecular complexity index is 710. The van der Waals surface area contributed by atoms with Gasteiger partial charge in [0.2, 0.25) is 10.0 Å². The van der Waals surface area contributed by atoms with Gasteiger partial charge in [-0.3, -0.25) is 0 Å². The number of nitrogens with one attached hydrogen (secondary N) is 1. The van der Waals surface area contributed by atoms with E-state index in [1.807, 2.05) is 37.3 Å². The SMILES string of the molecule is CCCS(=O)(=O)NCCc1cc(-c2cccc(OC)c2)on1. The van der Waals surface area contributed by atoms with Crippen molar-refractivity contribution in [2.45, 2.75) is 19.8 Å². The van der Waals surface area contributed by atoms with Crippen molar-refractivity contribution in [3.8, 4) is 17.1 Å². The molecule has 1 aromatic carbocycles. The van der Waals surface area contributed by atoms with E-state index in [-0.39, 0.29) is 5.75 Å². The van der Waals surface area contributed by atoms with Crippen LogP contribution in [-0.2, 0) is 16.4 Å². The molecule has 0 fully saturated rings. The average Bonchev–Trinajstić information content (AvgIpc) is 2.96. The molecule has 0 atom stereocenters. The molecule has 2 rings (SSSR count). The van der Waals surface area contributed by atoms with E-state index in [1.165, 1.54) is 0 Å². The third kappa shape index (κ3) is 4.57. The molecule has 0 aliphatic carbocycles. The normalized spacial score (nSPS) is 11.5. The number of hydrogen-bond donors (Lipinski definition) is 1. The van der Waals surface area contributed by atoms with Crippen LogP contribution in [0.4, 0.5) is 0 Å². The summed E-state index contributed by atoms with van der Waals surface area (Å²) in [6.07, 6.45) is 1.08. The molecule has 0 saturated heterocycles. The van der Waals surface area contributed by atoms with Gasteiger partial charge in [0.1, 0.15) is 5.75 Å². The molecule has 0 saturated carbocycles. The first-order chi connectivity index (χ1) is 10.5. The smallest absolute Gasteiger partial charge is 0.211 e. The summed E-state index contributed by atoms with van der Waals surface area (Å²) in [4.78, 5) is 0. The first-order valence-corrected chi connectivity index (χ1v) is 8.76. The summed E-state index contributed by atoms with van der Waals surface area (Å²) in [7, 11) is -1.58. The van der Waals surface area contributed by atoms with Gasteiger partial charge >= 0.3 is 0 Å². The fourth-order valence-electron chi connectivity index (χ4n) is 2.02. The molecule has 7 heteroatoms. The monoisotopic (exact) mass is 324 g/mol. The molecule has 0 radical (unpaired) electrons. The summed E-state index contributed by atoms with van der Waals surface area (Å²) >= 11 is 0. The van der Waals surface area contributed by atoms with Crippen molar-refractivity contribution in [3.63, 3.8) is 0 Å². The molecule has 0 unspecified atom stereocenters. The molecule has 0 aliphatic rings. The highest BCUT2D eigenvalue weighted by atomic mass is 32.2. The lowest BCUT2D eigenvalue weighted by Gasteiger charge is -2.03. The van der Waals surface area contributed by atoms with Crippen LogP contribution in [-0.4, -0.2) is 33.0 Å². The van der Waals surface area contributed by atoms with Gasteiger partial charge in [0.05, 0.1) is 18.6 Å². The van der Waals surface area contributed by atoms with Gasteiger partial charge in [-0.1, -0.05) is 24.2 Å². The molecule has 0 aliphatic heterocycles. The zero-order valence-corrected chi connectivity index (χ0v) is 13.5. The maximum absolute atomic E-state index is 11.5. The maximum atomic E-state index is 11.5. The minimum Gasteiger partial charge on any atom is -0.497 e. The molecule has 22 heavy (non-hydrogen) atoms. The van der Waals surface area contributed by atoms with Crippen LogP contribution >= 0.6 is 0 Å². The van der Waals surface area contributed by atoms with Gasteiger partial charge in [-0.15, -0.1) is 0 Å². The van der Waals surface area contributed by atoms with E-state index in [9.17, 15) is 8.42 Å². The van der Waals surface area contributed by atoms with Crippen LogP contribution < -0.4 is 9.46 Å². The molecular weight excluding hydrogens is 304 g/mol. The first kappa shape index (κ1) is 16.5. The summed E-state index contributed by atoms with van der Waals surface area (Å²) in [5.74, 6) is 1.51. The van der Waals surface area contributed by atoms with E-state index >= 15 is 0 Å². The Balaban J connectivity index is 1.97. The van der Waals surface area contributed by atoms with Gasteiger partial charge in [0, 0.05) is 24.6 Å². The van der Waals surface area contributed by atoms with Crippen LogP contribution in [0.1, 0.15) is 19.0 Å². The highest BCUT2D eigenvalue weighted by molar-refractivity contribution is 7.89. The third-order valence-electron chi connectivity index (χ3n) is 3.09. The average molecular weight is 324 g/mol. The first-order valence-electron chi connectivity index (χ1n) is 7.11. The summed E-state index contributed by atoms with van der Waals surface area (Å²) in [6.45, 7) is 2.14. The van der Waals surface area contributed by atoms with Crippen LogP contribution in [0, 0.1) is 0 Å². The summed E-state index contributed by atoms with van der Waals surface area (Å²) < 4.78 is 36.1. The van der Waals surface area contributed by atoms with Crippen LogP contribution in [0.5, 0.6) is 5.75 Å². The predicted octanol–water partition coefficient (Wildman–Crippen LogP) is 2.22. The van der Waals surface area contributed by atoms with Gasteiger partial charge in [-0.25, -0.2) is 13.1 Å². The van der Waals surface area contributed by atoms with Gasteiger partial charge in [-0.2, -0.15) is 0 Å². The number of nitrogens with zero attached hydrogens (tertiary/aromatic N) is 1. The van der Waals surface area contributed by atoms with E-state index in [0.29, 0.717) is 30.8 Å². The molecule has 2 aromatic rings. The largest absolute Gasteiger partial charge is 0.497 e. The second kappa shape index (κ2) is 7.42. The topological polar surface area (TPSA) is 81.4 Å². The van der Waals surface area contributed by atoms with Crippen LogP contribution in [0.3, 0.4) is 0 Å². The number of aromatic nitrogens is 1. The fraction of sp³-hybridized carbons (Fsp3) is 0.400. The van der Waals surface area contributed by atoms with Crippen molar-refractivity contribution >= 4 is 10.0 Å². The van der Waals surface area contributed by atoms with Crippen LogP contribution in [0.2, 0.25) is 0 Å². The standard InChI is InChI=1S/C15H20N2O4S/c1-3-9-22(18,19)16-8-7-13-11-15(21-17-13)12-5-4-6-14(10-12)20-2/h4-6,10-11,16H,3,7-9H2,1-2H3. The molecule has 0 spiro atoms. The Labute approximate surface area is 130 Å². The van der Waals surface area contributed by atoms with Crippen molar-refractivity contribution in [3.05, 3.63) is 36.0 Å². The molecule has 0 amide bonds. The molecule has 0 bridgehead atoms. The van der Waals surface area contributed by atoms with Gasteiger partial charge in [0.25, 0.3) is 0 Å². The highest BCUT2D eigenvalue weighted by Gasteiger charge is 2.10. The van der Waals surface area contributed by atoms with Gasteiger partial charge < -0.3 is 9.26 Å². The minimum atomic E-state index is -3.18. The highest BCUT2D eigenvalue weighted by Crippen LogP contribution is 2.24. The fourth-order valence-corrected chi connectivity index (χ4v) is 3.11. The molecule has 1 heterocycles. The zero-order valence-electron chi connectivity index (χ0n) is 12.7. The lowest BCUT2D eigenvalue weighted by Crippen LogP contribution is -2.28. The maximum Gasteiger partial charge on any atom is 0.211 e. The number of hydrogen-bond acceptors (Lipinski definition) is 5. The Hall–Kier alpha value is -1.86. The quantitative estimate of drug-likeness (QED) is 0.805.